The van der Waals surface area contributed by atoms with E-state index in [9.17, 15) is 14.0 Å². The van der Waals surface area contributed by atoms with Crippen molar-refractivity contribution in [2.24, 2.45) is 5.73 Å². The number of nitrogens with two attached hydrogens (primary N) is 1. The van der Waals surface area contributed by atoms with Crippen LogP contribution in [0.2, 0.25) is 0 Å². The second kappa shape index (κ2) is 6.46. The first-order chi connectivity index (χ1) is 8.40. The molecular formula is C11H12BrFN2O3. The van der Waals surface area contributed by atoms with Crippen molar-refractivity contribution in [3.63, 3.8) is 0 Å². The fraction of sp³-hybridized carbons (Fsp3) is 0.273. The summed E-state index contributed by atoms with van der Waals surface area (Å²) in [6, 6.07) is 3.17. The zero-order valence-corrected chi connectivity index (χ0v) is 10.9. The van der Waals surface area contributed by atoms with E-state index in [1.165, 1.54) is 12.1 Å². The Labute approximate surface area is 111 Å². The minimum absolute atomic E-state index is 0.0280. The third-order valence-electron chi connectivity index (χ3n) is 2.19. The summed E-state index contributed by atoms with van der Waals surface area (Å²) in [5.41, 5.74) is 5.77. The number of hydrogen-bond donors (Lipinski definition) is 3. The van der Waals surface area contributed by atoms with E-state index in [-0.39, 0.29) is 23.0 Å². The van der Waals surface area contributed by atoms with Crippen LogP contribution in [0.3, 0.4) is 0 Å². The number of anilines is 1. The molecule has 1 rings (SSSR count). The smallest absolute Gasteiger partial charge is 0.303 e. The number of amides is 1. The normalized spacial score (nSPS) is 11.9. The summed E-state index contributed by atoms with van der Waals surface area (Å²) in [6.07, 6.45) is -0.163. The average molecular weight is 319 g/mol. The van der Waals surface area contributed by atoms with E-state index in [0.29, 0.717) is 0 Å². The number of aliphatic carboxylic acids is 1. The summed E-state index contributed by atoms with van der Waals surface area (Å²) >= 11 is 2.99. The number of carboxylic acid groups (broad SMARTS) is 1. The molecule has 7 heteroatoms. The van der Waals surface area contributed by atoms with E-state index >= 15 is 0 Å². The predicted octanol–water partition coefficient (Wildman–Crippen LogP) is 1.72. The van der Waals surface area contributed by atoms with Gasteiger partial charge < -0.3 is 16.2 Å². The average Bonchev–Trinajstić information content (AvgIpc) is 2.30. The molecule has 0 aliphatic carbocycles. The van der Waals surface area contributed by atoms with Gasteiger partial charge in [0.2, 0.25) is 5.91 Å². The minimum atomic E-state index is -1.02. The van der Waals surface area contributed by atoms with E-state index in [0.717, 1.165) is 6.07 Å². The van der Waals surface area contributed by atoms with Crippen LogP contribution < -0.4 is 11.1 Å². The molecule has 0 bridgehead atoms. The molecule has 0 fully saturated rings. The highest BCUT2D eigenvalue weighted by Gasteiger charge is 2.15. The van der Waals surface area contributed by atoms with Gasteiger partial charge in [-0.05, 0) is 40.5 Å². The van der Waals surface area contributed by atoms with E-state index < -0.39 is 23.7 Å². The highest BCUT2D eigenvalue weighted by atomic mass is 79.9. The maximum atomic E-state index is 13.2. The van der Waals surface area contributed by atoms with Crippen LogP contribution in [-0.2, 0) is 9.59 Å². The Morgan fingerprint density at radius 1 is 1.50 bits per heavy atom. The molecule has 1 unspecified atom stereocenters. The minimum Gasteiger partial charge on any atom is -0.481 e. The van der Waals surface area contributed by atoms with Gasteiger partial charge >= 0.3 is 5.97 Å². The molecule has 0 aromatic heterocycles. The molecule has 0 radical (unpaired) electrons. The maximum absolute atomic E-state index is 13.2. The predicted molar refractivity (Wildman–Crippen MR) is 67.6 cm³/mol. The lowest BCUT2D eigenvalue weighted by molar-refractivity contribution is -0.137. The van der Waals surface area contributed by atoms with E-state index in [1.54, 1.807) is 0 Å². The highest BCUT2D eigenvalue weighted by molar-refractivity contribution is 9.10. The molecular weight excluding hydrogens is 307 g/mol. The Kier molecular flexibility index (Phi) is 5.24. The van der Waals surface area contributed by atoms with Crippen LogP contribution in [0.1, 0.15) is 12.8 Å². The van der Waals surface area contributed by atoms with Gasteiger partial charge in [0, 0.05) is 12.1 Å². The third-order valence-corrected chi connectivity index (χ3v) is 2.84. The SMILES string of the molecule is NC(CCC(=O)O)C(=O)Nc1ccc(Br)c(F)c1. The topological polar surface area (TPSA) is 92.4 Å². The van der Waals surface area contributed by atoms with Crippen molar-refractivity contribution in [2.75, 3.05) is 5.32 Å². The monoisotopic (exact) mass is 318 g/mol. The second-order valence-electron chi connectivity index (χ2n) is 3.66. The summed E-state index contributed by atoms with van der Waals surface area (Å²) in [5.74, 6) is -2.07. The Balaban J connectivity index is 2.58. The summed E-state index contributed by atoms with van der Waals surface area (Å²) in [5, 5.41) is 10.9. The third kappa shape index (κ3) is 4.42. The Morgan fingerprint density at radius 3 is 2.72 bits per heavy atom. The molecule has 5 nitrogen and oxygen atoms in total. The van der Waals surface area contributed by atoms with Crippen LogP contribution in [0, 0.1) is 5.82 Å². The Hall–Kier alpha value is -1.47. The fourth-order valence-corrected chi connectivity index (χ4v) is 1.47. The van der Waals surface area contributed by atoms with Crippen molar-refractivity contribution in [1.82, 2.24) is 0 Å². The molecule has 0 aliphatic rings. The van der Waals surface area contributed by atoms with Crippen molar-refractivity contribution in [1.29, 1.82) is 0 Å². The zero-order chi connectivity index (χ0) is 13.7. The number of carboxylic acids is 1. The Morgan fingerprint density at radius 2 is 2.17 bits per heavy atom. The van der Waals surface area contributed by atoms with Gasteiger partial charge in [-0.3, -0.25) is 9.59 Å². The molecule has 18 heavy (non-hydrogen) atoms. The molecule has 1 amide bonds. The maximum Gasteiger partial charge on any atom is 0.303 e. The van der Waals surface area contributed by atoms with Gasteiger partial charge in [-0.25, -0.2) is 4.39 Å². The largest absolute Gasteiger partial charge is 0.481 e. The first-order valence-electron chi connectivity index (χ1n) is 5.13. The highest BCUT2D eigenvalue weighted by Crippen LogP contribution is 2.19. The van der Waals surface area contributed by atoms with Gasteiger partial charge in [-0.1, -0.05) is 0 Å². The molecule has 0 spiro atoms. The number of nitrogens with one attached hydrogen (secondary N) is 1. The molecule has 0 heterocycles. The van der Waals surface area contributed by atoms with Crippen molar-refractivity contribution in [3.05, 3.63) is 28.5 Å². The quantitative estimate of drug-likeness (QED) is 0.770. The lowest BCUT2D eigenvalue weighted by Crippen LogP contribution is -2.36. The van der Waals surface area contributed by atoms with Crippen molar-refractivity contribution < 1.29 is 19.1 Å². The van der Waals surface area contributed by atoms with Gasteiger partial charge in [0.1, 0.15) is 5.82 Å². The molecule has 4 N–H and O–H groups in total. The zero-order valence-electron chi connectivity index (χ0n) is 9.32. The number of carbonyl (C=O) groups excluding carboxylic acids is 1. The van der Waals surface area contributed by atoms with Gasteiger partial charge in [0.15, 0.2) is 0 Å². The lowest BCUT2D eigenvalue weighted by Gasteiger charge is -2.11. The van der Waals surface area contributed by atoms with Crippen molar-refractivity contribution in [2.45, 2.75) is 18.9 Å². The van der Waals surface area contributed by atoms with E-state index in [4.69, 9.17) is 10.8 Å². The van der Waals surface area contributed by atoms with Gasteiger partial charge in [-0.2, -0.15) is 0 Å². The molecule has 1 aromatic rings. The van der Waals surface area contributed by atoms with Crippen molar-refractivity contribution >= 4 is 33.5 Å². The van der Waals surface area contributed by atoms with Gasteiger partial charge in [-0.15, -0.1) is 0 Å². The first kappa shape index (κ1) is 14.6. The lowest BCUT2D eigenvalue weighted by atomic mass is 10.1. The summed E-state index contributed by atoms with van der Waals surface area (Å²) in [7, 11) is 0. The number of rotatable bonds is 5. The van der Waals surface area contributed by atoms with Crippen LogP contribution in [0.5, 0.6) is 0 Å². The second-order valence-corrected chi connectivity index (χ2v) is 4.51. The summed E-state index contributed by atoms with van der Waals surface area (Å²) in [6.45, 7) is 0. The Bertz CT molecular complexity index is 468. The molecule has 0 aliphatic heterocycles. The number of carbonyl (C=O) groups is 2. The molecule has 0 saturated carbocycles. The summed E-state index contributed by atoms with van der Waals surface area (Å²) < 4.78 is 13.5. The first-order valence-corrected chi connectivity index (χ1v) is 5.92. The fourth-order valence-electron chi connectivity index (χ4n) is 1.22. The standard InChI is InChI=1S/C11H12BrFN2O3/c12-7-2-1-6(5-8(7)13)15-11(18)9(14)3-4-10(16)17/h1-2,5,9H,3-4,14H2,(H,15,18)(H,16,17). The van der Waals surface area contributed by atoms with E-state index in [1.807, 2.05) is 0 Å². The number of benzene rings is 1. The van der Waals surface area contributed by atoms with Crippen LogP contribution in [0.4, 0.5) is 10.1 Å². The van der Waals surface area contributed by atoms with E-state index in [2.05, 4.69) is 21.2 Å². The molecule has 0 saturated heterocycles. The number of halogens is 2. The van der Waals surface area contributed by atoms with Crippen LogP contribution in [0.15, 0.2) is 22.7 Å². The summed E-state index contributed by atoms with van der Waals surface area (Å²) in [4.78, 5) is 21.9. The number of hydrogen-bond acceptors (Lipinski definition) is 3. The molecule has 1 atom stereocenters. The van der Waals surface area contributed by atoms with Crippen LogP contribution >= 0.6 is 15.9 Å². The van der Waals surface area contributed by atoms with Gasteiger partial charge in [0.05, 0.1) is 10.5 Å². The molecule has 98 valence electrons. The van der Waals surface area contributed by atoms with Crippen LogP contribution in [0.25, 0.3) is 0 Å². The van der Waals surface area contributed by atoms with Crippen molar-refractivity contribution in [3.8, 4) is 0 Å². The van der Waals surface area contributed by atoms with Gasteiger partial charge in [0.25, 0.3) is 0 Å². The molecule has 1 aromatic carbocycles. The van der Waals surface area contributed by atoms with Crippen LogP contribution in [-0.4, -0.2) is 23.0 Å².